The minimum absolute atomic E-state index is 0.115. The van der Waals surface area contributed by atoms with Gasteiger partial charge in [-0.1, -0.05) is 13.0 Å². The van der Waals surface area contributed by atoms with Gasteiger partial charge < -0.3 is 5.32 Å². The molecule has 2 rings (SSSR count). The fraction of sp³-hybridized carbons (Fsp3) is 0.357. The average Bonchev–Trinajstić information content (AvgIpc) is 2.31. The van der Waals surface area contributed by atoms with E-state index < -0.39 is 0 Å². The largest absolute Gasteiger partial charge is 0.361 e. The molecule has 0 radical (unpaired) electrons. The third kappa shape index (κ3) is 2.93. The summed E-state index contributed by atoms with van der Waals surface area (Å²) in [7, 11) is 0. The van der Waals surface area contributed by atoms with Crippen LogP contribution in [-0.4, -0.2) is 5.78 Å². The van der Waals surface area contributed by atoms with E-state index in [1.54, 1.807) is 18.3 Å². The van der Waals surface area contributed by atoms with Crippen LogP contribution in [0.4, 0.5) is 10.1 Å². The topological polar surface area (TPSA) is 29.1 Å². The number of nitrogens with one attached hydrogen (secondary N) is 1. The van der Waals surface area contributed by atoms with Crippen molar-refractivity contribution < 1.29 is 9.18 Å². The van der Waals surface area contributed by atoms with Crippen molar-refractivity contribution in [3.63, 3.8) is 0 Å². The SMILES string of the molecule is C[C@@H]1CCCC(=CNc2cccc(F)c2)C1=O. The van der Waals surface area contributed by atoms with Crippen LogP contribution in [0.5, 0.6) is 0 Å². The summed E-state index contributed by atoms with van der Waals surface area (Å²) in [4.78, 5) is 11.8. The van der Waals surface area contributed by atoms with Gasteiger partial charge in [-0.15, -0.1) is 0 Å². The minimum atomic E-state index is -0.281. The van der Waals surface area contributed by atoms with Crippen LogP contribution in [0.1, 0.15) is 26.2 Å². The second-order valence-corrected chi connectivity index (χ2v) is 4.48. The smallest absolute Gasteiger partial charge is 0.163 e. The van der Waals surface area contributed by atoms with E-state index in [-0.39, 0.29) is 17.5 Å². The molecule has 0 unspecified atom stereocenters. The molecule has 0 spiro atoms. The highest BCUT2D eigenvalue weighted by Crippen LogP contribution is 2.24. The van der Waals surface area contributed by atoms with Crippen LogP contribution in [0.2, 0.25) is 0 Å². The Morgan fingerprint density at radius 1 is 1.47 bits per heavy atom. The summed E-state index contributed by atoms with van der Waals surface area (Å²) in [6.45, 7) is 1.96. The summed E-state index contributed by atoms with van der Waals surface area (Å²) >= 11 is 0. The van der Waals surface area contributed by atoms with Gasteiger partial charge in [0.15, 0.2) is 5.78 Å². The highest BCUT2D eigenvalue weighted by molar-refractivity contribution is 5.97. The van der Waals surface area contributed by atoms with Crippen LogP contribution in [0.15, 0.2) is 36.0 Å². The molecule has 1 N–H and O–H groups in total. The maximum Gasteiger partial charge on any atom is 0.163 e. The molecule has 0 amide bonds. The van der Waals surface area contributed by atoms with Crippen LogP contribution < -0.4 is 5.32 Å². The highest BCUT2D eigenvalue weighted by atomic mass is 19.1. The molecule has 1 fully saturated rings. The third-order valence-electron chi connectivity index (χ3n) is 3.09. The van der Waals surface area contributed by atoms with Crippen molar-refractivity contribution in [2.75, 3.05) is 5.32 Å². The number of halogens is 1. The number of allylic oxidation sites excluding steroid dienone is 1. The Morgan fingerprint density at radius 2 is 2.29 bits per heavy atom. The fourth-order valence-electron chi connectivity index (χ4n) is 2.06. The molecule has 1 atom stereocenters. The van der Waals surface area contributed by atoms with Gasteiger partial charge >= 0.3 is 0 Å². The van der Waals surface area contributed by atoms with Gasteiger partial charge in [-0.2, -0.15) is 0 Å². The molecular formula is C14H16FNO. The molecule has 1 aliphatic carbocycles. The third-order valence-corrected chi connectivity index (χ3v) is 3.09. The first-order valence-corrected chi connectivity index (χ1v) is 5.92. The van der Waals surface area contributed by atoms with Crippen molar-refractivity contribution in [1.82, 2.24) is 0 Å². The quantitative estimate of drug-likeness (QED) is 0.792. The minimum Gasteiger partial charge on any atom is -0.361 e. The highest BCUT2D eigenvalue weighted by Gasteiger charge is 2.22. The van der Waals surface area contributed by atoms with E-state index in [4.69, 9.17) is 0 Å². The first-order chi connectivity index (χ1) is 8.16. The number of carbonyl (C=O) groups excluding carboxylic acids is 1. The summed E-state index contributed by atoms with van der Waals surface area (Å²) in [5.74, 6) is 0.0428. The predicted octanol–water partition coefficient (Wildman–Crippen LogP) is 3.51. The average molecular weight is 233 g/mol. The van der Waals surface area contributed by atoms with E-state index in [1.165, 1.54) is 12.1 Å². The van der Waals surface area contributed by atoms with Crippen molar-refractivity contribution in [2.24, 2.45) is 5.92 Å². The van der Waals surface area contributed by atoms with E-state index in [0.717, 1.165) is 24.8 Å². The zero-order valence-corrected chi connectivity index (χ0v) is 9.87. The Kier molecular flexibility index (Phi) is 3.57. The Bertz CT molecular complexity index is 453. The van der Waals surface area contributed by atoms with Gasteiger partial charge in [-0.25, -0.2) is 4.39 Å². The molecule has 0 aromatic heterocycles. The lowest BCUT2D eigenvalue weighted by molar-refractivity contribution is -0.119. The molecule has 1 aromatic carbocycles. The van der Waals surface area contributed by atoms with Crippen molar-refractivity contribution in [2.45, 2.75) is 26.2 Å². The fourth-order valence-corrected chi connectivity index (χ4v) is 2.06. The lowest BCUT2D eigenvalue weighted by atomic mass is 9.86. The second kappa shape index (κ2) is 5.13. The molecule has 2 nitrogen and oxygen atoms in total. The number of ketones is 1. The van der Waals surface area contributed by atoms with Crippen molar-refractivity contribution in [3.05, 3.63) is 41.9 Å². The van der Waals surface area contributed by atoms with Gasteiger partial charge in [0.2, 0.25) is 0 Å². The van der Waals surface area contributed by atoms with Crippen molar-refractivity contribution >= 4 is 11.5 Å². The Morgan fingerprint density at radius 3 is 3.06 bits per heavy atom. The zero-order valence-electron chi connectivity index (χ0n) is 9.87. The van der Waals surface area contributed by atoms with Gasteiger partial charge in [-0.3, -0.25) is 4.79 Å². The summed E-state index contributed by atoms with van der Waals surface area (Å²) in [6, 6.07) is 6.22. The summed E-state index contributed by atoms with van der Waals surface area (Å²) in [5.41, 5.74) is 1.48. The summed E-state index contributed by atoms with van der Waals surface area (Å²) in [6.07, 6.45) is 4.54. The van der Waals surface area contributed by atoms with Gasteiger partial charge in [0, 0.05) is 23.4 Å². The molecule has 0 aliphatic heterocycles. The Balaban J connectivity index is 2.07. The summed E-state index contributed by atoms with van der Waals surface area (Å²) < 4.78 is 12.9. The van der Waals surface area contributed by atoms with E-state index in [1.807, 2.05) is 6.92 Å². The van der Waals surface area contributed by atoms with E-state index in [0.29, 0.717) is 5.69 Å². The Labute approximate surface area is 101 Å². The summed E-state index contributed by atoms with van der Waals surface area (Å²) in [5, 5.41) is 2.98. The standard InChI is InChI=1S/C14H16FNO/c1-10-4-2-5-11(14(10)17)9-16-13-7-3-6-12(15)8-13/h3,6-10,16H,2,4-5H2,1H3/t10-/m1/s1. The predicted molar refractivity (Wildman–Crippen MR) is 66.1 cm³/mol. The monoisotopic (exact) mass is 233 g/mol. The molecule has 0 bridgehead atoms. The number of hydrogen-bond donors (Lipinski definition) is 1. The zero-order chi connectivity index (χ0) is 12.3. The lowest BCUT2D eigenvalue weighted by Crippen LogP contribution is -2.19. The van der Waals surface area contributed by atoms with E-state index in [2.05, 4.69) is 5.32 Å². The number of hydrogen-bond acceptors (Lipinski definition) is 2. The van der Waals surface area contributed by atoms with Gasteiger partial charge in [-0.05, 0) is 37.5 Å². The lowest BCUT2D eigenvalue weighted by Gasteiger charge is -2.19. The molecule has 1 aliphatic rings. The van der Waals surface area contributed by atoms with E-state index >= 15 is 0 Å². The number of rotatable bonds is 2. The Hall–Kier alpha value is -1.64. The maximum absolute atomic E-state index is 12.9. The van der Waals surface area contributed by atoms with Crippen molar-refractivity contribution in [3.8, 4) is 0 Å². The van der Waals surface area contributed by atoms with Gasteiger partial charge in [0.25, 0.3) is 0 Å². The molecular weight excluding hydrogens is 217 g/mol. The molecule has 1 saturated carbocycles. The maximum atomic E-state index is 12.9. The van der Waals surface area contributed by atoms with Gasteiger partial charge in [0.1, 0.15) is 5.82 Å². The molecule has 90 valence electrons. The number of benzene rings is 1. The normalized spacial score (nSPS) is 22.8. The van der Waals surface area contributed by atoms with Crippen LogP contribution in [0.3, 0.4) is 0 Å². The number of anilines is 1. The first-order valence-electron chi connectivity index (χ1n) is 5.92. The molecule has 1 aromatic rings. The van der Waals surface area contributed by atoms with Crippen molar-refractivity contribution in [1.29, 1.82) is 0 Å². The second-order valence-electron chi connectivity index (χ2n) is 4.48. The molecule has 3 heteroatoms. The van der Waals surface area contributed by atoms with Crippen LogP contribution in [0, 0.1) is 11.7 Å². The molecule has 0 saturated heterocycles. The first kappa shape index (κ1) is 11.8. The molecule has 17 heavy (non-hydrogen) atoms. The number of Topliss-reactive ketones (excluding diaryl/α,β-unsaturated/α-hetero) is 1. The molecule has 0 heterocycles. The van der Waals surface area contributed by atoms with E-state index in [9.17, 15) is 9.18 Å². The van der Waals surface area contributed by atoms with Crippen LogP contribution >= 0.6 is 0 Å². The van der Waals surface area contributed by atoms with Crippen LogP contribution in [-0.2, 0) is 4.79 Å². The number of carbonyl (C=O) groups is 1. The van der Waals surface area contributed by atoms with Gasteiger partial charge in [0.05, 0.1) is 0 Å². The van der Waals surface area contributed by atoms with Crippen LogP contribution in [0.25, 0.3) is 0 Å².